The van der Waals surface area contributed by atoms with Gasteiger partial charge in [0.25, 0.3) is 0 Å². The number of hydrogen-bond acceptors (Lipinski definition) is 3. The molecule has 0 aromatic heterocycles. The van der Waals surface area contributed by atoms with Crippen molar-refractivity contribution in [2.75, 3.05) is 18.5 Å². The van der Waals surface area contributed by atoms with E-state index < -0.39 is 0 Å². The van der Waals surface area contributed by atoms with E-state index >= 15 is 0 Å². The number of amides is 1. The summed E-state index contributed by atoms with van der Waals surface area (Å²) in [5.74, 6) is 0.399. The van der Waals surface area contributed by atoms with Crippen LogP contribution in [-0.4, -0.2) is 30.2 Å². The number of hydrogen-bond donors (Lipinski definition) is 3. The largest absolute Gasteiger partial charge is 0.395 e. The molecule has 1 amide bonds. The van der Waals surface area contributed by atoms with Crippen LogP contribution in [0.5, 0.6) is 0 Å². The van der Waals surface area contributed by atoms with Gasteiger partial charge in [0.05, 0.1) is 13.2 Å². The zero-order chi connectivity index (χ0) is 14.3. The van der Waals surface area contributed by atoms with Gasteiger partial charge in [-0.05, 0) is 31.4 Å². The van der Waals surface area contributed by atoms with Gasteiger partial charge in [-0.1, -0.05) is 31.5 Å². The lowest BCUT2D eigenvalue weighted by molar-refractivity contribution is -0.115. The van der Waals surface area contributed by atoms with Crippen LogP contribution in [-0.2, 0) is 4.79 Å². The number of aliphatic hydroxyl groups is 1. The zero-order valence-corrected chi connectivity index (χ0v) is 11.9. The lowest BCUT2D eigenvalue weighted by Gasteiger charge is -2.18. The molecule has 0 fully saturated rings. The normalized spacial score (nSPS) is 12.5. The Hall–Kier alpha value is -1.39. The minimum atomic E-state index is -0.0916. The summed E-state index contributed by atoms with van der Waals surface area (Å²) in [5, 5.41) is 15.1. The summed E-state index contributed by atoms with van der Waals surface area (Å²) in [4.78, 5) is 11.7. The average molecular weight is 264 g/mol. The molecule has 0 spiro atoms. The van der Waals surface area contributed by atoms with E-state index in [0.717, 1.165) is 17.7 Å². The number of carbonyl (C=O) groups excluding carboxylic acids is 1. The van der Waals surface area contributed by atoms with Crippen molar-refractivity contribution in [3.8, 4) is 0 Å². The summed E-state index contributed by atoms with van der Waals surface area (Å²) in [6.45, 7) is 6.46. The SMILES string of the molecule is Cc1ccc(NC(=O)CNC(CO)CC(C)C)cc1. The van der Waals surface area contributed by atoms with Crippen molar-refractivity contribution in [1.29, 1.82) is 0 Å². The van der Waals surface area contributed by atoms with Crippen molar-refractivity contribution in [1.82, 2.24) is 5.32 Å². The second kappa shape index (κ2) is 7.92. The number of aliphatic hydroxyl groups excluding tert-OH is 1. The number of carbonyl (C=O) groups is 1. The molecule has 0 aliphatic carbocycles. The van der Waals surface area contributed by atoms with E-state index in [9.17, 15) is 9.90 Å². The van der Waals surface area contributed by atoms with Gasteiger partial charge in [-0.2, -0.15) is 0 Å². The molecule has 4 heteroatoms. The van der Waals surface area contributed by atoms with Crippen LogP contribution in [0.15, 0.2) is 24.3 Å². The molecule has 1 rings (SSSR count). The van der Waals surface area contributed by atoms with Crippen LogP contribution in [0.1, 0.15) is 25.8 Å². The molecule has 0 heterocycles. The number of anilines is 1. The van der Waals surface area contributed by atoms with E-state index in [-0.39, 0.29) is 25.1 Å². The average Bonchev–Trinajstić information content (AvgIpc) is 2.37. The molecule has 4 nitrogen and oxygen atoms in total. The van der Waals surface area contributed by atoms with Gasteiger partial charge in [-0.25, -0.2) is 0 Å². The Morgan fingerprint density at radius 2 is 1.89 bits per heavy atom. The fourth-order valence-electron chi connectivity index (χ4n) is 1.87. The second-order valence-electron chi connectivity index (χ2n) is 5.30. The molecular weight excluding hydrogens is 240 g/mol. The fraction of sp³-hybridized carbons (Fsp3) is 0.533. The Kier molecular flexibility index (Phi) is 6.53. The highest BCUT2D eigenvalue weighted by atomic mass is 16.3. The van der Waals surface area contributed by atoms with Gasteiger partial charge >= 0.3 is 0 Å². The standard InChI is InChI=1S/C15H24N2O2/c1-11(2)8-14(10-18)16-9-15(19)17-13-6-4-12(3)5-7-13/h4-7,11,14,16,18H,8-10H2,1-3H3,(H,17,19). The van der Waals surface area contributed by atoms with Gasteiger partial charge in [-0.15, -0.1) is 0 Å². The van der Waals surface area contributed by atoms with Crippen LogP contribution in [0.25, 0.3) is 0 Å². The molecule has 1 aromatic carbocycles. The second-order valence-corrected chi connectivity index (χ2v) is 5.30. The van der Waals surface area contributed by atoms with Gasteiger partial charge in [0.15, 0.2) is 0 Å². The van der Waals surface area contributed by atoms with Crippen LogP contribution < -0.4 is 10.6 Å². The Morgan fingerprint density at radius 3 is 2.42 bits per heavy atom. The van der Waals surface area contributed by atoms with Gasteiger partial charge in [0.1, 0.15) is 0 Å². The maximum Gasteiger partial charge on any atom is 0.238 e. The van der Waals surface area contributed by atoms with Crippen molar-refractivity contribution >= 4 is 11.6 Å². The highest BCUT2D eigenvalue weighted by Crippen LogP contribution is 2.08. The Labute approximate surface area is 115 Å². The summed E-state index contributed by atoms with van der Waals surface area (Å²) >= 11 is 0. The predicted octanol–water partition coefficient (Wildman–Crippen LogP) is 1.93. The van der Waals surface area contributed by atoms with Gasteiger partial charge in [0.2, 0.25) is 5.91 Å². The molecule has 1 aromatic rings. The number of rotatable bonds is 7. The molecule has 106 valence electrons. The summed E-state index contributed by atoms with van der Waals surface area (Å²) in [6, 6.07) is 7.65. The van der Waals surface area contributed by atoms with Crippen LogP contribution >= 0.6 is 0 Å². The first kappa shape index (κ1) is 15.7. The third-order valence-electron chi connectivity index (χ3n) is 2.86. The van der Waals surface area contributed by atoms with Crippen LogP contribution in [0, 0.1) is 12.8 Å². The highest BCUT2D eigenvalue weighted by molar-refractivity contribution is 5.92. The van der Waals surface area contributed by atoms with Gasteiger partial charge < -0.3 is 15.7 Å². The molecule has 0 radical (unpaired) electrons. The van der Waals surface area contributed by atoms with Crippen molar-refractivity contribution in [2.24, 2.45) is 5.92 Å². The lowest BCUT2D eigenvalue weighted by Crippen LogP contribution is -2.39. The number of aryl methyl sites for hydroxylation is 1. The van der Waals surface area contributed by atoms with Crippen molar-refractivity contribution in [3.63, 3.8) is 0 Å². The van der Waals surface area contributed by atoms with Crippen LogP contribution in [0.4, 0.5) is 5.69 Å². The van der Waals surface area contributed by atoms with E-state index in [1.165, 1.54) is 0 Å². The Morgan fingerprint density at radius 1 is 1.26 bits per heavy atom. The molecule has 3 N–H and O–H groups in total. The monoisotopic (exact) mass is 264 g/mol. The van der Waals surface area contributed by atoms with E-state index in [0.29, 0.717) is 5.92 Å². The first-order chi connectivity index (χ1) is 9.01. The summed E-state index contributed by atoms with van der Waals surface area (Å²) < 4.78 is 0. The third kappa shape index (κ3) is 6.36. The summed E-state index contributed by atoms with van der Waals surface area (Å²) in [6.07, 6.45) is 0.855. The smallest absolute Gasteiger partial charge is 0.238 e. The topological polar surface area (TPSA) is 61.4 Å². The fourth-order valence-corrected chi connectivity index (χ4v) is 1.87. The van der Waals surface area contributed by atoms with Crippen molar-refractivity contribution in [2.45, 2.75) is 33.2 Å². The summed E-state index contributed by atoms with van der Waals surface area (Å²) in [5.41, 5.74) is 1.95. The van der Waals surface area contributed by atoms with Crippen molar-refractivity contribution in [3.05, 3.63) is 29.8 Å². The third-order valence-corrected chi connectivity index (χ3v) is 2.86. The maximum atomic E-state index is 11.7. The zero-order valence-electron chi connectivity index (χ0n) is 11.9. The predicted molar refractivity (Wildman–Crippen MR) is 78.1 cm³/mol. The quantitative estimate of drug-likeness (QED) is 0.705. The minimum Gasteiger partial charge on any atom is -0.395 e. The maximum absolute atomic E-state index is 11.7. The molecule has 0 bridgehead atoms. The highest BCUT2D eigenvalue weighted by Gasteiger charge is 2.11. The van der Waals surface area contributed by atoms with E-state index in [1.807, 2.05) is 31.2 Å². The number of nitrogens with one attached hydrogen (secondary N) is 2. The Bertz CT molecular complexity index is 388. The Balaban J connectivity index is 2.36. The molecular formula is C15H24N2O2. The molecule has 0 aliphatic rings. The number of benzene rings is 1. The summed E-state index contributed by atoms with van der Waals surface area (Å²) in [7, 11) is 0. The van der Waals surface area contributed by atoms with Gasteiger partial charge in [0, 0.05) is 11.7 Å². The molecule has 1 atom stereocenters. The first-order valence-corrected chi connectivity index (χ1v) is 6.72. The van der Waals surface area contributed by atoms with Crippen LogP contribution in [0.3, 0.4) is 0 Å². The van der Waals surface area contributed by atoms with E-state index in [4.69, 9.17) is 0 Å². The van der Waals surface area contributed by atoms with E-state index in [1.54, 1.807) is 0 Å². The van der Waals surface area contributed by atoms with E-state index in [2.05, 4.69) is 24.5 Å². The van der Waals surface area contributed by atoms with Crippen LogP contribution in [0.2, 0.25) is 0 Å². The van der Waals surface area contributed by atoms with Crippen molar-refractivity contribution < 1.29 is 9.90 Å². The molecule has 19 heavy (non-hydrogen) atoms. The molecule has 0 saturated carbocycles. The minimum absolute atomic E-state index is 0.0243. The van der Waals surface area contributed by atoms with Gasteiger partial charge in [-0.3, -0.25) is 4.79 Å². The lowest BCUT2D eigenvalue weighted by atomic mass is 10.0. The molecule has 1 unspecified atom stereocenters. The first-order valence-electron chi connectivity index (χ1n) is 6.72. The molecule has 0 saturated heterocycles. The molecule has 0 aliphatic heterocycles.